The number of ether oxygens (including phenoxy) is 2. The number of aliphatic hydroxyl groups is 1. The predicted molar refractivity (Wildman–Crippen MR) is 216 cm³/mol. The van der Waals surface area contributed by atoms with Crippen LogP contribution in [-0.4, -0.2) is 50.5 Å². The van der Waals surface area contributed by atoms with Crippen molar-refractivity contribution in [2.45, 2.75) is 68.2 Å². The van der Waals surface area contributed by atoms with Gasteiger partial charge in [-0.1, -0.05) is 112 Å². The van der Waals surface area contributed by atoms with Gasteiger partial charge in [0.1, 0.15) is 17.2 Å². The zero-order valence-corrected chi connectivity index (χ0v) is 33.1. The second-order valence-electron chi connectivity index (χ2n) is 13.0. The molecule has 6 heteroatoms. The largest absolute Gasteiger partial charge is 0.508 e. The fraction of sp³-hybridized carbons (Fsp3) is 0.333. The van der Waals surface area contributed by atoms with Crippen molar-refractivity contribution in [3.63, 3.8) is 0 Å². The van der Waals surface area contributed by atoms with Crippen LogP contribution in [0.5, 0.6) is 17.2 Å². The third kappa shape index (κ3) is 18.8. The molecule has 5 aromatic carbocycles. The van der Waals surface area contributed by atoms with Crippen LogP contribution < -0.4 is 14.8 Å². The number of nitrogens with one attached hydrogen (secondary N) is 1. The molecule has 0 aliphatic carbocycles. The van der Waals surface area contributed by atoms with Gasteiger partial charge in [-0.05, 0) is 105 Å². The van der Waals surface area contributed by atoms with Crippen molar-refractivity contribution in [2.24, 2.45) is 0 Å². The van der Waals surface area contributed by atoms with E-state index in [0.29, 0.717) is 5.75 Å². The highest BCUT2D eigenvalue weighted by Crippen LogP contribution is 2.20. The van der Waals surface area contributed by atoms with Crippen LogP contribution >= 0.6 is 0 Å². The number of nitrogens with zero attached hydrogens (tertiary/aromatic N) is 1. The summed E-state index contributed by atoms with van der Waals surface area (Å²) in [6.45, 7) is 16.5. The Kier molecular flexibility index (Phi) is 21.3. The van der Waals surface area contributed by atoms with Crippen molar-refractivity contribution in [3.05, 3.63) is 159 Å². The Morgan fingerprint density at radius 1 is 0.529 bits per heavy atom. The number of aliphatic hydroxyl groups excluding tert-OH is 1. The molecule has 0 heterocycles. The maximum atomic E-state index is 8.89. The highest BCUT2D eigenvalue weighted by atomic mass is 16.5. The maximum absolute atomic E-state index is 8.89. The second-order valence-corrected chi connectivity index (χ2v) is 13.0. The lowest BCUT2D eigenvalue weighted by Gasteiger charge is -2.12. The number of aromatic hydroxyl groups is 1. The van der Waals surface area contributed by atoms with Crippen LogP contribution in [0.25, 0.3) is 0 Å². The molecule has 0 radical (unpaired) electrons. The lowest BCUT2D eigenvalue weighted by Crippen LogP contribution is -2.11. The van der Waals surface area contributed by atoms with Crippen LogP contribution in [0, 0.1) is 48.5 Å². The molecule has 0 saturated heterocycles. The molecule has 0 unspecified atom stereocenters. The zero-order valence-electron chi connectivity index (χ0n) is 33.1. The van der Waals surface area contributed by atoms with E-state index in [2.05, 4.69) is 114 Å². The fourth-order valence-electron chi connectivity index (χ4n) is 4.76. The smallest absolute Gasteiger partial charge is 0.124 e. The first-order valence-electron chi connectivity index (χ1n) is 17.2. The summed E-state index contributed by atoms with van der Waals surface area (Å²) < 4.78 is 10.2. The monoisotopic (exact) mass is 694 g/mol. The van der Waals surface area contributed by atoms with E-state index in [1.54, 1.807) is 26.4 Å². The van der Waals surface area contributed by atoms with Gasteiger partial charge in [0.25, 0.3) is 0 Å². The molecule has 0 saturated carbocycles. The van der Waals surface area contributed by atoms with Crippen LogP contribution in [0.4, 0.5) is 0 Å². The topological polar surface area (TPSA) is 74.2 Å². The summed E-state index contributed by atoms with van der Waals surface area (Å²) in [5.74, 6) is 2.03. The standard InChI is InChI=1S/C11H17N.C10H15NO.C9H12O2.C8H10.C7H8O/c1-9-5-6-10(2)11(7-9)8-12(3)4;1-8-4-5-10(12-3)9(6-8)7-11-2;1-7-3-4-9(11-2)8(5-7)6-10;1-7-3-5-8(2)6-4-7;1-6-2-4-7(8)5-3-6/h5-7H,8H2,1-4H3;4-6,11H,7H2,1-3H3;3-5,10H,6H2,1-2H3;3-6H,1-2H3;2-5,8H,1H3. The van der Waals surface area contributed by atoms with E-state index in [1.807, 2.05) is 57.3 Å². The Balaban J connectivity index is 0.000000322. The Labute approximate surface area is 308 Å². The van der Waals surface area contributed by atoms with Crippen molar-refractivity contribution < 1.29 is 19.7 Å². The first-order chi connectivity index (χ1) is 24.2. The van der Waals surface area contributed by atoms with Gasteiger partial charge in [0.2, 0.25) is 0 Å². The molecule has 6 nitrogen and oxygen atoms in total. The lowest BCUT2D eigenvalue weighted by molar-refractivity contribution is 0.273. The van der Waals surface area contributed by atoms with Crippen LogP contribution in [0.1, 0.15) is 55.6 Å². The molecular weight excluding hydrogens is 633 g/mol. The van der Waals surface area contributed by atoms with Gasteiger partial charge in [0.15, 0.2) is 0 Å². The lowest BCUT2D eigenvalue weighted by atomic mass is 10.1. The predicted octanol–water partition coefficient (Wildman–Crippen LogP) is 9.59. The number of hydrogen-bond acceptors (Lipinski definition) is 6. The van der Waals surface area contributed by atoms with E-state index in [-0.39, 0.29) is 6.61 Å². The summed E-state index contributed by atoms with van der Waals surface area (Å²) in [4.78, 5) is 2.20. The van der Waals surface area contributed by atoms with Gasteiger partial charge in [-0.2, -0.15) is 0 Å². The summed E-state index contributed by atoms with van der Waals surface area (Å²) in [6.07, 6.45) is 0. The number of phenolic OH excluding ortho intramolecular Hbond substituents is 1. The third-order valence-corrected chi connectivity index (χ3v) is 7.65. The van der Waals surface area contributed by atoms with Crippen molar-refractivity contribution in [3.8, 4) is 17.2 Å². The maximum Gasteiger partial charge on any atom is 0.124 e. The highest BCUT2D eigenvalue weighted by Gasteiger charge is 2.01. The van der Waals surface area contributed by atoms with Gasteiger partial charge in [-0.25, -0.2) is 0 Å². The molecule has 0 aliphatic rings. The quantitative estimate of drug-likeness (QED) is 0.158. The van der Waals surface area contributed by atoms with Crippen LogP contribution in [0.3, 0.4) is 0 Å². The molecule has 0 atom stereocenters. The normalized spacial score (nSPS) is 9.84. The molecule has 5 rings (SSSR count). The van der Waals surface area contributed by atoms with Crippen LogP contribution in [0.2, 0.25) is 0 Å². The molecule has 0 bridgehead atoms. The number of hydrogen-bond donors (Lipinski definition) is 3. The van der Waals surface area contributed by atoms with E-state index in [1.165, 1.54) is 44.5 Å². The van der Waals surface area contributed by atoms with Gasteiger partial charge in [0.05, 0.1) is 20.8 Å². The van der Waals surface area contributed by atoms with Gasteiger partial charge in [-0.3, -0.25) is 0 Å². The van der Waals surface area contributed by atoms with Crippen LogP contribution in [-0.2, 0) is 19.7 Å². The Morgan fingerprint density at radius 2 is 0.902 bits per heavy atom. The first-order valence-corrected chi connectivity index (χ1v) is 17.2. The van der Waals surface area contributed by atoms with Gasteiger partial charge < -0.3 is 29.9 Å². The number of aryl methyl sites for hydroxylation is 7. The van der Waals surface area contributed by atoms with E-state index >= 15 is 0 Å². The summed E-state index contributed by atoms with van der Waals surface area (Å²) in [7, 11) is 9.43. The molecule has 3 N–H and O–H groups in total. The molecule has 0 spiro atoms. The van der Waals surface area contributed by atoms with Crippen molar-refractivity contribution in [1.29, 1.82) is 0 Å². The average Bonchev–Trinajstić information content (AvgIpc) is 3.10. The Morgan fingerprint density at radius 3 is 1.29 bits per heavy atom. The van der Waals surface area contributed by atoms with E-state index in [0.717, 1.165) is 35.7 Å². The number of methoxy groups -OCH3 is 2. The SMILES string of the molecule is CNCc1cc(C)ccc1OC.COc1ccc(C)cc1CO.Cc1ccc(C)c(CN(C)C)c1.Cc1ccc(C)cc1.Cc1ccc(O)cc1. The van der Waals surface area contributed by atoms with Crippen molar-refractivity contribution >= 4 is 0 Å². The molecule has 0 amide bonds. The summed E-state index contributed by atoms with van der Waals surface area (Å²) >= 11 is 0. The fourth-order valence-corrected chi connectivity index (χ4v) is 4.76. The highest BCUT2D eigenvalue weighted by molar-refractivity contribution is 5.37. The zero-order chi connectivity index (χ0) is 38.3. The number of rotatable bonds is 7. The molecule has 0 aliphatic heterocycles. The summed E-state index contributed by atoms with van der Waals surface area (Å²) in [6, 6.07) is 34.1. The average molecular weight is 695 g/mol. The minimum atomic E-state index is 0.0326. The molecule has 51 heavy (non-hydrogen) atoms. The van der Waals surface area contributed by atoms with Gasteiger partial charge in [-0.15, -0.1) is 0 Å². The number of benzene rings is 5. The van der Waals surface area contributed by atoms with Crippen molar-refractivity contribution in [2.75, 3.05) is 35.4 Å². The van der Waals surface area contributed by atoms with E-state index in [9.17, 15) is 0 Å². The molecule has 5 aromatic rings. The second kappa shape index (κ2) is 24.5. The van der Waals surface area contributed by atoms with Crippen molar-refractivity contribution in [1.82, 2.24) is 10.2 Å². The first kappa shape index (κ1) is 44.4. The molecular formula is C45H62N2O4. The Bertz CT molecular complexity index is 1600. The molecule has 276 valence electrons. The summed E-state index contributed by atoms with van der Waals surface area (Å²) in [5, 5.41) is 20.8. The van der Waals surface area contributed by atoms with E-state index < -0.39 is 0 Å². The van der Waals surface area contributed by atoms with Gasteiger partial charge >= 0.3 is 0 Å². The van der Waals surface area contributed by atoms with Crippen LogP contribution in [0.15, 0.2) is 103 Å². The summed E-state index contributed by atoms with van der Waals surface area (Å²) in [5.41, 5.74) is 12.4. The molecule has 0 fully saturated rings. The van der Waals surface area contributed by atoms with E-state index in [4.69, 9.17) is 19.7 Å². The minimum absolute atomic E-state index is 0.0326. The third-order valence-electron chi connectivity index (χ3n) is 7.65. The molecule has 0 aromatic heterocycles. The van der Waals surface area contributed by atoms with Gasteiger partial charge in [0, 0.05) is 24.2 Å². The number of phenols is 1. The Hall–Kier alpha value is -4.62. The minimum Gasteiger partial charge on any atom is -0.508 e.